The van der Waals surface area contributed by atoms with Gasteiger partial charge in [-0.2, -0.15) is 0 Å². The van der Waals surface area contributed by atoms with Gasteiger partial charge < -0.3 is 11.5 Å². The van der Waals surface area contributed by atoms with E-state index in [1.807, 2.05) is 30.3 Å². The molecule has 26 heavy (non-hydrogen) atoms. The van der Waals surface area contributed by atoms with Crippen LogP contribution in [-0.4, -0.2) is 0 Å². The molecule has 0 fully saturated rings. The number of benzene rings is 4. The van der Waals surface area contributed by atoms with E-state index >= 15 is 0 Å². The van der Waals surface area contributed by atoms with Crippen molar-refractivity contribution in [3.63, 3.8) is 0 Å². The van der Waals surface area contributed by atoms with Crippen molar-refractivity contribution < 1.29 is 0 Å². The molecule has 0 spiro atoms. The summed E-state index contributed by atoms with van der Waals surface area (Å²) < 4.78 is 0. The maximum Gasteiger partial charge on any atom is 0.0627 e. The minimum absolute atomic E-state index is 0.605. The molecule has 4 aromatic rings. The Morgan fingerprint density at radius 2 is 0.846 bits per heavy atom. The lowest BCUT2D eigenvalue weighted by Crippen LogP contribution is -1.98. The van der Waals surface area contributed by atoms with Crippen LogP contribution in [0.1, 0.15) is 0 Å². The van der Waals surface area contributed by atoms with Gasteiger partial charge in [-0.1, -0.05) is 91.0 Å². The van der Waals surface area contributed by atoms with E-state index in [4.69, 9.17) is 11.5 Å². The SMILES string of the molecule is Nc1cccc(-c2ccccc2-c2ccccc2-c2ccccc2)c1N. The molecule has 0 aromatic heterocycles. The van der Waals surface area contributed by atoms with Crippen molar-refractivity contribution in [2.45, 2.75) is 0 Å². The monoisotopic (exact) mass is 336 g/mol. The van der Waals surface area contributed by atoms with Gasteiger partial charge in [0.1, 0.15) is 0 Å². The van der Waals surface area contributed by atoms with Crippen molar-refractivity contribution >= 4 is 11.4 Å². The summed E-state index contributed by atoms with van der Waals surface area (Å²) in [5.41, 5.74) is 20.3. The van der Waals surface area contributed by atoms with E-state index in [1.165, 1.54) is 16.7 Å². The Balaban J connectivity index is 1.96. The minimum Gasteiger partial charge on any atom is -0.397 e. The molecular weight excluding hydrogens is 316 g/mol. The molecule has 0 aliphatic rings. The van der Waals surface area contributed by atoms with Crippen LogP contribution < -0.4 is 11.5 Å². The maximum atomic E-state index is 6.29. The van der Waals surface area contributed by atoms with Crippen molar-refractivity contribution in [1.82, 2.24) is 0 Å². The third-order valence-corrected chi connectivity index (χ3v) is 4.66. The van der Waals surface area contributed by atoms with Gasteiger partial charge in [0.15, 0.2) is 0 Å². The van der Waals surface area contributed by atoms with Crippen LogP contribution in [0.3, 0.4) is 0 Å². The lowest BCUT2D eigenvalue weighted by atomic mass is 9.89. The second-order valence-corrected chi connectivity index (χ2v) is 6.27. The molecule has 0 radical (unpaired) electrons. The van der Waals surface area contributed by atoms with E-state index in [1.54, 1.807) is 0 Å². The van der Waals surface area contributed by atoms with Gasteiger partial charge in [0.2, 0.25) is 0 Å². The fourth-order valence-electron chi connectivity index (χ4n) is 3.36. The number of para-hydroxylation sites is 1. The highest BCUT2D eigenvalue weighted by molar-refractivity contribution is 5.96. The van der Waals surface area contributed by atoms with E-state index in [9.17, 15) is 0 Å². The maximum absolute atomic E-state index is 6.29. The summed E-state index contributed by atoms with van der Waals surface area (Å²) in [4.78, 5) is 0. The van der Waals surface area contributed by atoms with Gasteiger partial charge in [0, 0.05) is 5.56 Å². The topological polar surface area (TPSA) is 52.0 Å². The van der Waals surface area contributed by atoms with Gasteiger partial charge in [-0.15, -0.1) is 0 Å². The van der Waals surface area contributed by atoms with Crippen LogP contribution in [0, 0.1) is 0 Å². The summed E-state index contributed by atoms with van der Waals surface area (Å²) >= 11 is 0. The molecule has 0 heterocycles. The van der Waals surface area contributed by atoms with Gasteiger partial charge in [-0.25, -0.2) is 0 Å². The standard InChI is InChI=1S/C24H20N2/c25-23-16-8-15-22(24(23)26)21-14-7-6-13-20(21)19-12-5-4-11-18(19)17-9-2-1-3-10-17/h1-16H,25-26H2. The fraction of sp³-hybridized carbons (Fsp3) is 0. The molecule has 0 aliphatic carbocycles. The predicted octanol–water partition coefficient (Wildman–Crippen LogP) is 5.85. The molecule has 0 saturated carbocycles. The van der Waals surface area contributed by atoms with Gasteiger partial charge in [-0.05, 0) is 33.9 Å². The van der Waals surface area contributed by atoms with Gasteiger partial charge in [0.25, 0.3) is 0 Å². The zero-order valence-electron chi connectivity index (χ0n) is 14.4. The summed E-state index contributed by atoms with van der Waals surface area (Å²) in [6.07, 6.45) is 0. The summed E-state index contributed by atoms with van der Waals surface area (Å²) in [6.45, 7) is 0. The average molecular weight is 336 g/mol. The molecule has 2 nitrogen and oxygen atoms in total. The predicted molar refractivity (Wildman–Crippen MR) is 112 cm³/mol. The van der Waals surface area contributed by atoms with Crippen LogP contribution in [0.2, 0.25) is 0 Å². The Morgan fingerprint density at radius 1 is 0.385 bits per heavy atom. The van der Waals surface area contributed by atoms with E-state index in [-0.39, 0.29) is 0 Å². The molecule has 4 N–H and O–H groups in total. The summed E-state index contributed by atoms with van der Waals surface area (Å²) in [6, 6.07) is 33.0. The first-order chi connectivity index (χ1) is 12.8. The molecule has 0 atom stereocenters. The van der Waals surface area contributed by atoms with Crippen LogP contribution in [0.15, 0.2) is 97.1 Å². The molecule has 0 amide bonds. The van der Waals surface area contributed by atoms with Crippen LogP contribution >= 0.6 is 0 Å². The van der Waals surface area contributed by atoms with Crippen molar-refractivity contribution in [3.8, 4) is 33.4 Å². The molecule has 2 heteroatoms. The molecule has 126 valence electrons. The first-order valence-electron chi connectivity index (χ1n) is 8.64. The summed E-state index contributed by atoms with van der Waals surface area (Å²) in [5, 5.41) is 0. The fourth-order valence-corrected chi connectivity index (χ4v) is 3.36. The number of rotatable bonds is 3. The third kappa shape index (κ3) is 2.82. The zero-order chi connectivity index (χ0) is 17.9. The van der Waals surface area contributed by atoms with Crippen molar-refractivity contribution in [3.05, 3.63) is 97.1 Å². The highest BCUT2D eigenvalue weighted by Gasteiger charge is 2.14. The number of hydrogen-bond acceptors (Lipinski definition) is 2. The lowest BCUT2D eigenvalue weighted by Gasteiger charge is -2.16. The first kappa shape index (κ1) is 16.0. The number of nitrogens with two attached hydrogens (primary N) is 2. The van der Waals surface area contributed by atoms with Crippen molar-refractivity contribution in [2.24, 2.45) is 0 Å². The molecule has 4 aromatic carbocycles. The third-order valence-electron chi connectivity index (χ3n) is 4.66. The van der Waals surface area contributed by atoms with Gasteiger partial charge in [0.05, 0.1) is 11.4 Å². The Hall–Kier alpha value is -3.52. The van der Waals surface area contributed by atoms with E-state index in [0.717, 1.165) is 16.7 Å². The first-order valence-corrected chi connectivity index (χ1v) is 8.64. The Kier molecular flexibility index (Phi) is 4.16. The molecule has 0 aliphatic heterocycles. The van der Waals surface area contributed by atoms with Crippen molar-refractivity contribution in [1.29, 1.82) is 0 Å². The highest BCUT2D eigenvalue weighted by Crippen LogP contribution is 2.40. The second kappa shape index (κ2) is 6.77. The number of anilines is 2. The quantitative estimate of drug-likeness (QED) is 0.461. The van der Waals surface area contributed by atoms with Crippen LogP contribution in [0.25, 0.3) is 33.4 Å². The number of hydrogen-bond donors (Lipinski definition) is 2. The molecule has 4 rings (SSSR count). The van der Waals surface area contributed by atoms with Crippen LogP contribution in [0.5, 0.6) is 0 Å². The van der Waals surface area contributed by atoms with E-state index in [0.29, 0.717) is 11.4 Å². The number of nitrogen functional groups attached to an aromatic ring is 2. The second-order valence-electron chi connectivity index (χ2n) is 6.27. The van der Waals surface area contributed by atoms with Gasteiger partial charge >= 0.3 is 0 Å². The van der Waals surface area contributed by atoms with Crippen molar-refractivity contribution in [2.75, 3.05) is 11.5 Å². The highest BCUT2D eigenvalue weighted by atomic mass is 14.7. The van der Waals surface area contributed by atoms with E-state index < -0.39 is 0 Å². The molecule has 0 saturated heterocycles. The molecule has 0 bridgehead atoms. The normalized spacial score (nSPS) is 10.6. The zero-order valence-corrected chi connectivity index (χ0v) is 14.4. The average Bonchev–Trinajstić information content (AvgIpc) is 2.71. The summed E-state index contributed by atoms with van der Waals surface area (Å²) in [7, 11) is 0. The van der Waals surface area contributed by atoms with E-state index in [2.05, 4.69) is 66.7 Å². The Bertz CT molecular complexity index is 1050. The Morgan fingerprint density at radius 3 is 1.50 bits per heavy atom. The van der Waals surface area contributed by atoms with Crippen LogP contribution in [0.4, 0.5) is 11.4 Å². The van der Waals surface area contributed by atoms with Crippen LogP contribution in [-0.2, 0) is 0 Å². The largest absolute Gasteiger partial charge is 0.397 e. The van der Waals surface area contributed by atoms with Gasteiger partial charge in [-0.3, -0.25) is 0 Å². The Labute approximate surface area is 153 Å². The molecular formula is C24H20N2. The lowest BCUT2D eigenvalue weighted by molar-refractivity contribution is 1.56. The minimum atomic E-state index is 0.605. The summed E-state index contributed by atoms with van der Waals surface area (Å²) in [5.74, 6) is 0. The molecule has 0 unspecified atom stereocenters. The smallest absolute Gasteiger partial charge is 0.0627 e.